The monoisotopic (exact) mass is 285 g/mol. The number of benzene rings is 1. The SMILES string of the molecule is CCCNC(CCSC)Cc1ccc(C)cc1Cl. The van der Waals surface area contributed by atoms with Gasteiger partial charge < -0.3 is 5.32 Å². The summed E-state index contributed by atoms with van der Waals surface area (Å²) in [4.78, 5) is 0. The van der Waals surface area contributed by atoms with E-state index in [1.165, 1.54) is 29.7 Å². The summed E-state index contributed by atoms with van der Waals surface area (Å²) in [5.74, 6) is 1.20. The number of thioether (sulfide) groups is 1. The molecule has 0 aliphatic heterocycles. The Morgan fingerprint density at radius 3 is 2.78 bits per heavy atom. The summed E-state index contributed by atoms with van der Waals surface area (Å²) in [5.41, 5.74) is 2.49. The fourth-order valence-electron chi connectivity index (χ4n) is 1.97. The Balaban J connectivity index is 2.62. The molecule has 0 bridgehead atoms. The van der Waals surface area contributed by atoms with Gasteiger partial charge in [0.1, 0.15) is 0 Å². The third kappa shape index (κ3) is 5.64. The molecule has 1 atom stereocenters. The van der Waals surface area contributed by atoms with Crippen LogP contribution in [0.5, 0.6) is 0 Å². The largest absolute Gasteiger partial charge is 0.314 e. The van der Waals surface area contributed by atoms with E-state index in [0.29, 0.717) is 6.04 Å². The topological polar surface area (TPSA) is 12.0 Å². The van der Waals surface area contributed by atoms with Crippen LogP contribution in [0.25, 0.3) is 0 Å². The summed E-state index contributed by atoms with van der Waals surface area (Å²) in [6, 6.07) is 6.91. The number of hydrogen-bond donors (Lipinski definition) is 1. The Labute approximate surface area is 121 Å². The van der Waals surface area contributed by atoms with Crippen molar-refractivity contribution in [2.75, 3.05) is 18.6 Å². The standard InChI is InChI=1S/C15H24ClNS/c1-4-8-17-14(7-9-18-3)11-13-6-5-12(2)10-15(13)16/h5-6,10,14,17H,4,7-9,11H2,1-3H3. The molecule has 102 valence electrons. The lowest BCUT2D eigenvalue weighted by molar-refractivity contribution is 0.497. The molecule has 1 unspecified atom stereocenters. The molecule has 0 spiro atoms. The van der Waals surface area contributed by atoms with Gasteiger partial charge in [-0.1, -0.05) is 30.7 Å². The minimum Gasteiger partial charge on any atom is -0.314 e. The summed E-state index contributed by atoms with van der Waals surface area (Å²) in [7, 11) is 0. The molecule has 3 heteroatoms. The Kier molecular flexibility index (Phi) is 7.80. The lowest BCUT2D eigenvalue weighted by Crippen LogP contribution is -2.32. The number of aryl methyl sites for hydroxylation is 1. The first-order valence-electron chi connectivity index (χ1n) is 6.64. The van der Waals surface area contributed by atoms with Crippen LogP contribution in [0.3, 0.4) is 0 Å². The highest BCUT2D eigenvalue weighted by Crippen LogP contribution is 2.20. The molecule has 0 aliphatic carbocycles. The fourth-order valence-corrected chi connectivity index (χ4v) is 2.80. The molecule has 1 aromatic carbocycles. The van der Waals surface area contributed by atoms with Crippen molar-refractivity contribution in [3.8, 4) is 0 Å². The molecular formula is C15H24ClNS. The molecule has 1 N–H and O–H groups in total. The molecule has 1 rings (SSSR count). The van der Waals surface area contributed by atoms with E-state index in [0.717, 1.165) is 18.0 Å². The molecule has 0 saturated heterocycles. The Morgan fingerprint density at radius 2 is 2.17 bits per heavy atom. The first-order valence-corrected chi connectivity index (χ1v) is 8.42. The molecular weight excluding hydrogens is 262 g/mol. The van der Waals surface area contributed by atoms with Crippen LogP contribution in [-0.4, -0.2) is 24.6 Å². The van der Waals surface area contributed by atoms with Crippen molar-refractivity contribution < 1.29 is 0 Å². The van der Waals surface area contributed by atoms with Crippen LogP contribution in [0.15, 0.2) is 18.2 Å². The zero-order valence-corrected chi connectivity index (χ0v) is 13.2. The average Bonchev–Trinajstić information content (AvgIpc) is 2.35. The molecule has 0 heterocycles. The third-order valence-electron chi connectivity index (χ3n) is 3.03. The van der Waals surface area contributed by atoms with E-state index < -0.39 is 0 Å². The number of rotatable bonds is 8. The second-order valence-electron chi connectivity index (χ2n) is 4.73. The predicted octanol–water partition coefficient (Wildman–Crippen LogP) is 4.31. The maximum Gasteiger partial charge on any atom is 0.0441 e. The predicted molar refractivity (Wildman–Crippen MR) is 85.0 cm³/mol. The van der Waals surface area contributed by atoms with E-state index >= 15 is 0 Å². The number of nitrogens with one attached hydrogen (secondary N) is 1. The third-order valence-corrected chi connectivity index (χ3v) is 4.02. The zero-order valence-electron chi connectivity index (χ0n) is 11.6. The maximum absolute atomic E-state index is 6.31. The molecule has 0 saturated carbocycles. The minimum absolute atomic E-state index is 0.539. The highest BCUT2D eigenvalue weighted by molar-refractivity contribution is 7.98. The van der Waals surface area contributed by atoms with Gasteiger partial charge in [0.05, 0.1) is 0 Å². The van der Waals surface area contributed by atoms with Gasteiger partial charge >= 0.3 is 0 Å². The number of halogens is 1. The molecule has 0 amide bonds. The van der Waals surface area contributed by atoms with E-state index in [9.17, 15) is 0 Å². The van der Waals surface area contributed by atoms with Crippen LogP contribution in [0, 0.1) is 6.92 Å². The van der Waals surface area contributed by atoms with E-state index in [4.69, 9.17) is 11.6 Å². The van der Waals surface area contributed by atoms with E-state index in [1.807, 2.05) is 11.8 Å². The quantitative estimate of drug-likeness (QED) is 0.764. The van der Waals surface area contributed by atoms with Gasteiger partial charge in [-0.05, 0) is 61.9 Å². The molecule has 1 aromatic rings. The van der Waals surface area contributed by atoms with Crippen LogP contribution in [0.4, 0.5) is 0 Å². The highest BCUT2D eigenvalue weighted by Gasteiger charge is 2.10. The summed E-state index contributed by atoms with van der Waals surface area (Å²) in [6.45, 7) is 5.37. The molecule has 0 aromatic heterocycles. The van der Waals surface area contributed by atoms with Crippen LogP contribution in [0.2, 0.25) is 5.02 Å². The summed E-state index contributed by atoms with van der Waals surface area (Å²) < 4.78 is 0. The van der Waals surface area contributed by atoms with Gasteiger partial charge in [-0.2, -0.15) is 11.8 Å². The van der Waals surface area contributed by atoms with Gasteiger partial charge in [0.15, 0.2) is 0 Å². The van der Waals surface area contributed by atoms with E-state index in [2.05, 4.69) is 43.6 Å². The van der Waals surface area contributed by atoms with Crippen molar-refractivity contribution in [2.45, 2.75) is 39.2 Å². The second-order valence-corrected chi connectivity index (χ2v) is 6.12. The maximum atomic E-state index is 6.31. The Bertz CT molecular complexity index is 346. The van der Waals surface area contributed by atoms with Gasteiger partial charge in [0.25, 0.3) is 0 Å². The highest BCUT2D eigenvalue weighted by atomic mass is 35.5. The van der Waals surface area contributed by atoms with Gasteiger partial charge in [-0.3, -0.25) is 0 Å². The first-order chi connectivity index (χ1) is 8.67. The second kappa shape index (κ2) is 8.84. The van der Waals surface area contributed by atoms with Crippen molar-refractivity contribution >= 4 is 23.4 Å². The summed E-state index contributed by atoms with van der Waals surface area (Å²) in [5, 5.41) is 4.53. The smallest absolute Gasteiger partial charge is 0.0441 e. The summed E-state index contributed by atoms with van der Waals surface area (Å²) >= 11 is 8.22. The van der Waals surface area contributed by atoms with Gasteiger partial charge in [0.2, 0.25) is 0 Å². The summed E-state index contributed by atoms with van der Waals surface area (Å²) in [6.07, 6.45) is 5.57. The molecule has 0 radical (unpaired) electrons. The van der Waals surface area contributed by atoms with E-state index in [1.54, 1.807) is 0 Å². The van der Waals surface area contributed by atoms with Crippen LogP contribution >= 0.6 is 23.4 Å². The van der Waals surface area contributed by atoms with Crippen molar-refractivity contribution in [1.82, 2.24) is 5.32 Å². The van der Waals surface area contributed by atoms with Gasteiger partial charge in [-0.25, -0.2) is 0 Å². The lowest BCUT2D eigenvalue weighted by Gasteiger charge is -2.19. The molecule has 0 fully saturated rings. The van der Waals surface area contributed by atoms with Crippen molar-refractivity contribution in [1.29, 1.82) is 0 Å². The molecule has 0 aliphatic rings. The Morgan fingerprint density at radius 1 is 1.39 bits per heavy atom. The van der Waals surface area contributed by atoms with Crippen LogP contribution in [-0.2, 0) is 6.42 Å². The van der Waals surface area contributed by atoms with Crippen molar-refractivity contribution in [3.05, 3.63) is 34.3 Å². The normalized spacial score (nSPS) is 12.7. The molecule has 18 heavy (non-hydrogen) atoms. The lowest BCUT2D eigenvalue weighted by atomic mass is 10.0. The average molecular weight is 286 g/mol. The van der Waals surface area contributed by atoms with Crippen molar-refractivity contribution in [3.63, 3.8) is 0 Å². The fraction of sp³-hybridized carbons (Fsp3) is 0.600. The first kappa shape index (κ1) is 15.9. The zero-order chi connectivity index (χ0) is 13.4. The minimum atomic E-state index is 0.539. The number of hydrogen-bond acceptors (Lipinski definition) is 2. The Hall–Kier alpha value is -0.180. The van der Waals surface area contributed by atoms with Crippen molar-refractivity contribution in [2.24, 2.45) is 0 Å². The van der Waals surface area contributed by atoms with Gasteiger partial charge in [-0.15, -0.1) is 0 Å². The van der Waals surface area contributed by atoms with E-state index in [-0.39, 0.29) is 0 Å². The van der Waals surface area contributed by atoms with Crippen LogP contribution < -0.4 is 5.32 Å². The van der Waals surface area contributed by atoms with Crippen LogP contribution in [0.1, 0.15) is 30.9 Å². The van der Waals surface area contributed by atoms with Gasteiger partial charge in [0, 0.05) is 11.1 Å². The molecule has 1 nitrogen and oxygen atoms in total.